The zero-order chi connectivity index (χ0) is 31.9. The van der Waals surface area contributed by atoms with Crippen LogP contribution >= 0.6 is 23.2 Å². The van der Waals surface area contributed by atoms with Crippen molar-refractivity contribution in [2.24, 2.45) is 0 Å². The highest BCUT2D eigenvalue weighted by Gasteiger charge is 2.30. The Hall–Kier alpha value is -4.12. The minimum absolute atomic E-state index is 0.113. The summed E-state index contributed by atoms with van der Waals surface area (Å²) in [5.74, 6) is -1.34. The van der Waals surface area contributed by atoms with Crippen molar-refractivity contribution in [2.75, 3.05) is 24.5 Å². The average molecular weight is 657 g/mol. The van der Waals surface area contributed by atoms with E-state index in [0.29, 0.717) is 28.3 Å². The zero-order valence-electron chi connectivity index (χ0n) is 24.1. The molecule has 230 valence electrons. The number of hydrogen-bond acceptors (Lipinski definition) is 6. The summed E-state index contributed by atoms with van der Waals surface area (Å²) in [7, 11) is -2.82. The molecule has 0 bridgehead atoms. The number of nitrogens with one attached hydrogen (secondary N) is 2. The zero-order valence-corrected chi connectivity index (χ0v) is 26.4. The van der Waals surface area contributed by atoms with Gasteiger partial charge in [-0.2, -0.15) is 0 Å². The maximum Gasteiger partial charge on any atom is 0.326 e. The van der Waals surface area contributed by atoms with Crippen LogP contribution in [-0.4, -0.2) is 46.4 Å². The monoisotopic (exact) mass is 655 g/mol. The van der Waals surface area contributed by atoms with Gasteiger partial charge in [-0.3, -0.25) is 18.7 Å². The first-order valence-corrected chi connectivity index (χ1v) is 16.0. The van der Waals surface area contributed by atoms with Crippen LogP contribution in [0.25, 0.3) is 10.8 Å². The van der Waals surface area contributed by atoms with E-state index in [2.05, 4.69) is 10.6 Å². The fourth-order valence-corrected chi connectivity index (χ4v) is 6.66. The van der Waals surface area contributed by atoms with E-state index >= 15 is 0 Å². The van der Waals surface area contributed by atoms with Gasteiger partial charge in [0.2, 0.25) is 0 Å². The Balaban J connectivity index is 1.70. The maximum atomic E-state index is 14.0. The smallest absolute Gasteiger partial charge is 0.326 e. The Bertz CT molecular complexity index is 1780. The number of hydrogen-bond donors (Lipinski definition) is 2. The minimum atomic E-state index is -4.37. The summed E-state index contributed by atoms with van der Waals surface area (Å²) in [5, 5.41) is 6.56. The molecule has 4 aromatic carbocycles. The van der Waals surface area contributed by atoms with Crippen molar-refractivity contribution >= 4 is 67.5 Å². The molecule has 0 heterocycles. The Morgan fingerprint density at radius 1 is 0.864 bits per heavy atom. The number of amides is 2. The van der Waals surface area contributed by atoms with Gasteiger partial charge in [-0.05, 0) is 59.8 Å². The van der Waals surface area contributed by atoms with E-state index in [1.807, 2.05) is 6.92 Å². The van der Waals surface area contributed by atoms with Crippen molar-refractivity contribution in [1.29, 1.82) is 0 Å². The molecule has 0 saturated carbocycles. The van der Waals surface area contributed by atoms with E-state index in [4.69, 9.17) is 27.9 Å². The van der Waals surface area contributed by atoms with Gasteiger partial charge in [0.25, 0.3) is 21.8 Å². The van der Waals surface area contributed by atoms with Crippen molar-refractivity contribution < 1.29 is 27.5 Å². The maximum absolute atomic E-state index is 14.0. The molecule has 0 radical (unpaired) electrons. The number of nitrogens with zero attached hydrogens (tertiary/aromatic N) is 1. The average Bonchev–Trinajstić information content (AvgIpc) is 3.01. The van der Waals surface area contributed by atoms with Gasteiger partial charge in [-0.25, -0.2) is 8.42 Å². The molecular formula is C32H31Cl2N3O6S. The number of benzene rings is 4. The fraction of sp³-hybridized carbons (Fsp3) is 0.219. The number of unbranched alkanes of at least 4 members (excludes halogenated alkanes) is 1. The second-order valence-corrected chi connectivity index (χ2v) is 12.6. The van der Waals surface area contributed by atoms with E-state index in [9.17, 15) is 22.8 Å². The number of anilines is 1. The number of carbonyl (C=O) groups excluding carboxylic acids is 3. The Kier molecular flexibility index (Phi) is 10.9. The second-order valence-electron chi connectivity index (χ2n) is 9.83. The van der Waals surface area contributed by atoms with E-state index < -0.39 is 28.4 Å². The fourth-order valence-electron chi connectivity index (χ4n) is 4.50. The molecule has 12 heteroatoms. The molecule has 4 aromatic rings. The molecule has 0 unspecified atom stereocenters. The predicted octanol–water partition coefficient (Wildman–Crippen LogP) is 5.97. The van der Waals surface area contributed by atoms with Crippen LogP contribution in [0, 0.1) is 0 Å². The van der Waals surface area contributed by atoms with Gasteiger partial charge in [0.1, 0.15) is 6.54 Å². The SMILES string of the molecule is CCCCOC(=O)CN(c1cccc2c(C(=O)NCc3ccc(C(=O)NC)cc3)cccc12)S(=O)(=O)c1cc(Cl)cc(Cl)c1. The molecule has 0 atom stereocenters. The predicted molar refractivity (Wildman–Crippen MR) is 172 cm³/mol. The van der Waals surface area contributed by atoms with Gasteiger partial charge in [-0.15, -0.1) is 0 Å². The number of ether oxygens (including phenoxy) is 1. The molecule has 44 heavy (non-hydrogen) atoms. The van der Waals surface area contributed by atoms with Crippen LogP contribution < -0.4 is 14.9 Å². The number of rotatable bonds is 12. The molecule has 2 amide bonds. The van der Waals surface area contributed by atoms with Gasteiger partial charge in [0.05, 0.1) is 17.2 Å². The second kappa shape index (κ2) is 14.6. The molecule has 0 aromatic heterocycles. The lowest BCUT2D eigenvalue weighted by atomic mass is 10.0. The number of carbonyl (C=O) groups is 3. The normalized spacial score (nSPS) is 11.2. The van der Waals surface area contributed by atoms with Gasteiger partial charge >= 0.3 is 5.97 Å². The number of sulfonamides is 1. The van der Waals surface area contributed by atoms with E-state index in [-0.39, 0.29) is 39.7 Å². The van der Waals surface area contributed by atoms with Crippen LogP contribution in [0.2, 0.25) is 10.0 Å². The third-order valence-electron chi connectivity index (χ3n) is 6.77. The van der Waals surface area contributed by atoms with Crippen molar-refractivity contribution in [3.8, 4) is 0 Å². The summed E-state index contributed by atoms with van der Waals surface area (Å²) >= 11 is 12.3. The van der Waals surface area contributed by atoms with Crippen molar-refractivity contribution in [3.63, 3.8) is 0 Å². The molecule has 0 spiro atoms. The molecule has 0 aliphatic heterocycles. The summed E-state index contributed by atoms with van der Waals surface area (Å²) in [5.41, 5.74) is 1.76. The lowest BCUT2D eigenvalue weighted by molar-refractivity contribution is -0.141. The minimum Gasteiger partial charge on any atom is -0.464 e. The molecule has 9 nitrogen and oxygen atoms in total. The molecule has 4 rings (SSSR count). The first-order valence-electron chi connectivity index (χ1n) is 13.8. The Labute approximate surface area is 266 Å². The highest BCUT2D eigenvalue weighted by molar-refractivity contribution is 7.93. The summed E-state index contributed by atoms with van der Waals surface area (Å²) in [6, 6.07) is 20.6. The van der Waals surface area contributed by atoms with Crippen LogP contribution in [0.4, 0.5) is 5.69 Å². The van der Waals surface area contributed by atoms with Crippen molar-refractivity contribution in [2.45, 2.75) is 31.2 Å². The molecule has 0 saturated heterocycles. The topological polar surface area (TPSA) is 122 Å². The van der Waals surface area contributed by atoms with E-state index in [1.54, 1.807) is 67.7 Å². The highest BCUT2D eigenvalue weighted by Crippen LogP contribution is 2.34. The third-order valence-corrected chi connectivity index (χ3v) is 8.94. The third kappa shape index (κ3) is 7.68. The van der Waals surface area contributed by atoms with Crippen LogP contribution in [-0.2, 0) is 26.1 Å². The summed E-state index contributed by atoms with van der Waals surface area (Å²) in [6.45, 7) is 1.68. The molecule has 0 aliphatic rings. The number of fused-ring (bicyclic) bond motifs is 1. The van der Waals surface area contributed by atoms with E-state index in [1.165, 1.54) is 18.2 Å². The number of halogens is 2. The molecule has 0 aliphatic carbocycles. The van der Waals surface area contributed by atoms with Gasteiger partial charge in [-0.1, -0.05) is 72.9 Å². The van der Waals surface area contributed by atoms with Gasteiger partial charge < -0.3 is 15.4 Å². The summed E-state index contributed by atoms with van der Waals surface area (Å²) < 4.78 is 34.3. The summed E-state index contributed by atoms with van der Waals surface area (Å²) in [4.78, 5) is 37.8. The van der Waals surface area contributed by atoms with Crippen LogP contribution in [0.1, 0.15) is 46.0 Å². The lowest BCUT2D eigenvalue weighted by Crippen LogP contribution is -2.37. The standard InChI is InChI=1S/C32H31Cl2N3O6S/c1-3-4-15-43-30(38)20-37(44(41,42)25-17-23(33)16-24(34)18-25)29-10-6-7-26-27(29)8-5-9-28(26)32(40)36-19-21-11-13-22(14-12-21)31(39)35-2/h5-14,16-18H,3-4,15,19-20H2,1-2H3,(H,35,39)(H,36,40). The molecule has 0 fully saturated rings. The first kappa shape index (κ1) is 32.8. The van der Waals surface area contributed by atoms with E-state index in [0.717, 1.165) is 16.3 Å². The highest BCUT2D eigenvalue weighted by atomic mass is 35.5. The number of esters is 1. The van der Waals surface area contributed by atoms with Crippen molar-refractivity contribution in [1.82, 2.24) is 10.6 Å². The first-order chi connectivity index (χ1) is 21.0. The van der Waals surface area contributed by atoms with Crippen molar-refractivity contribution in [3.05, 3.63) is 106 Å². The largest absolute Gasteiger partial charge is 0.464 e. The van der Waals surface area contributed by atoms with Gasteiger partial charge in [0, 0.05) is 40.2 Å². The van der Waals surface area contributed by atoms with Crippen LogP contribution in [0.3, 0.4) is 0 Å². The quantitative estimate of drug-likeness (QED) is 0.143. The lowest BCUT2D eigenvalue weighted by Gasteiger charge is -2.25. The Morgan fingerprint density at radius 2 is 1.52 bits per heavy atom. The molecule has 2 N–H and O–H groups in total. The van der Waals surface area contributed by atoms with Crippen LogP contribution in [0.5, 0.6) is 0 Å². The molecular weight excluding hydrogens is 625 g/mol. The van der Waals surface area contributed by atoms with Crippen LogP contribution in [0.15, 0.2) is 83.8 Å². The Morgan fingerprint density at radius 3 is 2.18 bits per heavy atom. The van der Waals surface area contributed by atoms with Gasteiger partial charge in [0.15, 0.2) is 0 Å². The summed E-state index contributed by atoms with van der Waals surface area (Å²) in [6.07, 6.45) is 1.43.